The summed E-state index contributed by atoms with van der Waals surface area (Å²) >= 11 is 0. The summed E-state index contributed by atoms with van der Waals surface area (Å²) in [5.74, 6) is 0.905. The smallest absolute Gasteiger partial charge is 0.410 e. The van der Waals surface area contributed by atoms with E-state index in [1.807, 2.05) is 64.2 Å². The lowest BCUT2D eigenvalue weighted by Crippen LogP contribution is -2.44. The number of methoxy groups -OCH3 is 1. The van der Waals surface area contributed by atoms with E-state index < -0.39 is 5.60 Å². The van der Waals surface area contributed by atoms with Crippen molar-refractivity contribution in [1.29, 1.82) is 0 Å². The maximum atomic E-state index is 12.4. The summed E-state index contributed by atoms with van der Waals surface area (Å²) in [5, 5.41) is 3.68. The summed E-state index contributed by atoms with van der Waals surface area (Å²) in [4.78, 5) is 25.9. The van der Waals surface area contributed by atoms with Crippen LogP contribution in [0.2, 0.25) is 0 Å². The molecule has 184 valence electrons. The molecule has 3 rings (SSSR count). The Balaban J connectivity index is 1.60. The van der Waals surface area contributed by atoms with E-state index >= 15 is 0 Å². The molecular weight excluding hydrogens is 428 g/mol. The van der Waals surface area contributed by atoms with Crippen LogP contribution in [-0.2, 0) is 11.3 Å². The molecule has 6 nitrogen and oxygen atoms in total. The van der Waals surface area contributed by atoms with Gasteiger partial charge in [-0.1, -0.05) is 24.3 Å². The average Bonchev–Trinajstić information content (AvgIpc) is 2.81. The van der Waals surface area contributed by atoms with Crippen molar-refractivity contribution in [2.75, 3.05) is 14.2 Å². The van der Waals surface area contributed by atoms with E-state index in [0.717, 1.165) is 48.1 Å². The first-order valence-corrected chi connectivity index (χ1v) is 12.0. The lowest BCUT2D eigenvalue weighted by Gasteiger charge is -2.36. The largest absolute Gasteiger partial charge is 0.496 e. The first kappa shape index (κ1) is 25.8. The third-order valence-electron chi connectivity index (χ3n) is 6.39. The van der Waals surface area contributed by atoms with Crippen LogP contribution in [0.25, 0.3) is 11.1 Å². The van der Waals surface area contributed by atoms with Gasteiger partial charge < -0.3 is 19.7 Å². The van der Waals surface area contributed by atoms with Gasteiger partial charge in [-0.2, -0.15) is 0 Å². The van der Waals surface area contributed by atoms with Gasteiger partial charge >= 0.3 is 6.09 Å². The van der Waals surface area contributed by atoms with Gasteiger partial charge in [-0.05, 0) is 82.7 Å². The zero-order valence-electron chi connectivity index (χ0n) is 21.3. The van der Waals surface area contributed by atoms with Crippen LogP contribution >= 0.6 is 0 Å². The maximum absolute atomic E-state index is 12.4. The number of nitrogens with zero attached hydrogens (tertiary/aromatic N) is 1. The minimum absolute atomic E-state index is 0.0603. The van der Waals surface area contributed by atoms with Crippen molar-refractivity contribution < 1.29 is 19.1 Å². The highest BCUT2D eigenvalue weighted by Gasteiger charge is 2.29. The van der Waals surface area contributed by atoms with E-state index in [2.05, 4.69) is 11.4 Å². The summed E-state index contributed by atoms with van der Waals surface area (Å²) in [6, 6.07) is 14.5. The minimum Gasteiger partial charge on any atom is -0.496 e. The summed E-state index contributed by atoms with van der Waals surface area (Å²) in [6.07, 6.45) is 3.64. The van der Waals surface area contributed by atoms with Crippen molar-refractivity contribution in [3.05, 3.63) is 53.6 Å². The Bertz CT molecular complexity index is 1000. The molecule has 34 heavy (non-hydrogen) atoms. The molecule has 0 saturated heterocycles. The normalized spacial score (nSPS) is 18.3. The summed E-state index contributed by atoms with van der Waals surface area (Å²) in [6.45, 7) is 7.96. The molecule has 0 bridgehead atoms. The maximum Gasteiger partial charge on any atom is 0.410 e. The average molecular weight is 467 g/mol. The van der Waals surface area contributed by atoms with Crippen LogP contribution in [0.1, 0.15) is 69.3 Å². The molecule has 1 fully saturated rings. The molecule has 1 aliphatic carbocycles. The quantitative estimate of drug-likeness (QED) is 0.520. The molecule has 0 unspecified atom stereocenters. The first-order chi connectivity index (χ1) is 16.1. The Morgan fingerprint density at radius 2 is 1.71 bits per heavy atom. The number of ether oxygens (including phenoxy) is 2. The molecule has 2 aromatic rings. The molecule has 0 aromatic heterocycles. The van der Waals surface area contributed by atoms with E-state index in [9.17, 15) is 9.59 Å². The number of benzene rings is 2. The van der Waals surface area contributed by atoms with Gasteiger partial charge in [-0.25, -0.2) is 4.79 Å². The molecule has 0 heterocycles. The fraction of sp³-hybridized carbons (Fsp3) is 0.500. The molecular formula is C28H38N2O4. The molecule has 1 N–H and O–H groups in total. The zero-order chi connectivity index (χ0) is 24.9. The number of hydrogen-bond donors (Lipinski definition) is 1. The zero-order valence-corrected chi connectivity index (χ0v) is 21.3. The number of amides is 1. The molecule has 1 saturated carbocycles. The predicted molar refractivity (Wildman–Crippen MR) is 135 cm³/mol. The predicted octanol–water partition coefficient (Wildman–Crippen LogP) is 5.83. The van der Waals surface area contributed by atoms with E-state index in [0.29, 0.717) is 18.2 Å². The Hall–Kier alpha value is -2.86. The lowest BCUT2D eigenvalue weighted by molar-refractivity contribution is 0.0179. The number of carbonyl (C=O) groups is 2. The van der Waals surface area contributed by atoms with E-state index in [1.54, 1.807) is 18.9 Å². The van der Waals surface area contributed by atoms with Crippen molar-refractivity contribution in [2.45, 2.75) is 77.6 Å². The van der Waals surface area contributed by atoms with Crippen LogP contribution in [0.5, 0.6) is 5.75 Å². The molecule has 1 aliphatic rings. The van der Waals surface area contributed by atoms with Crippen molar-refractivity contribution >= 4 is 11.9 Å². The second kappa shape index (κ2) is 11.0. The van der Waals surface area contributed by atoms with E-state index in [4.69, 9.17) is 9.47 Å². The van der Waals surface area contributed by atoms with Crippen LogP contribution < -0.4 is 10.1 Å². The number of ketones is 1. The second-order valence-corrected chi connectivity index (χ2v) is 10.1. The minimum atomic E-state index is -0.481. The summed E-state index contributed by atoms with van der Waals surface area (Å²) in [5.41, 5.74) is 3.39. The molecule has 0 radical (unpaired) electrons. The van der Waals surface area contributed by atoms with Crippen molar-refractivity contribution in [3.63, 3.8) is 0 Å². The van der Waals surface area contributed by atoms with Gasteiger partial charge in [0.25, 0.3) is 0 Å². The SMILES string of the molecule is COc1ccc(-c2cccc(C(C)=O)c2)cc1CN[C@H]1CC[C@H](N(C)C(=O)OC(C)(C)C)CC1. The van der Waals surface area contributed by atoms with E-state index in [-0.39, 0.29) is 17.9 Å². The van der Waals surface area contributed by atoms with Gasteiger partial charge in [0.1, 0.15) is 11.4 Å². The summed E-state index contributed by atoms with van der Waals surface area (Å²) < 4.78 is 11.1. The molecule has 0 spiro atoms. The Labute approximate surface area is 203 Å². The molecule has 2 aromatic carbocycles. The van der Waals surface area contributed by atoms with Crippen molar-refractivity contribution in [1.82, 2.24) is 10.2 Å². The van der Waals surface area contributed by atoms with Gasteiger partial charge in [0.05, 0.1) is 7.11 Å². The second-order valence-electron chi connectivity index (χ2n) is 10.1. The number of rotatable bonds is 7. The molecule has 0 aliphatic heterocycles. The monoisotopic (exact) mass is 466 g/mol. The fourth-order valence-electron chi connectivity index (χ4n) is 4.42. The third kappa shape index (κ3) is 6.83. The number of hydrogen-bond acceptors (Lipinski definition) is 5. The fourth-order valence-corrected chi connectivity index (χ4v) is 4.42. The number of carbonyl (C=O) groups excluding carboxylic acids is 2. The first-order valence-electron chi connectivity index (χ1n) is 12.0. The molecule has 1 amide bonds. The van der Waals surface area contributed by atoms with E-state index in [1.165, 1.54) is 0 Å². The standard InChI is InChI=1S/C28H38N2O4/c1-19(31)20-8-7-9-21(16-20)22-10-15-26(33-6)23(17-22)18-29-24-11-13-25(14-12-24)30(5)27(32)34-28(2,3)4/h7-10,15-17,24-25,29H,11-14,18H2,1-6H3/t24-,25-. The Kier molecular flexibility index (Phi) is 8.37. The van der Waals surface area contributed by atoms with Crippen LogP contribution in [0.3, 0.4) is 0 Å². The van der Waals surface area contributed by atoms with Crippen LogP contribution in [0.15, 0.2) is 42.5 Å². The van der Waals surface area contributed by atoms with Gasteiger partial charge in [-0.15, -0.1) is 0 Å². The van der Waals surface area contributed by atoms with Crippen LogP contribution in [-0.4, -0.2) is 48.6 Å². The van der Waals surface area contributed by atoms with Crippen LogP contribution in [0, 0.1) is 0 Å². The van der Waals surface area contributed by atoms with Crippen molar-refractivity contribution in [2.24, 2.45) is 0 Å². The van der Waals surface area contributed by atoms with Gasteiger partial charge in [0, 0.05) is 36.8 Å². The Morgan fingerprint density at radius 3 is 2.32 bits per heavy atom. The topological polar surface area (TPSA) is 67.9 Å². The van der Waals surface area contributed by atoms with Gasteiger partial charge in [-0.3, -0.25) is 4.79 Å². The number of nitrogens with one attached hydrogen (secondary N) is 1. The molecule has 6 heteroatoms. The highest BCUT2D eigenvalue weighted by molar-refractivity contribution is 5.95. The van der Waals surface area contributed by atoms with Gasteiger partial charge in [0.15, 0.2) is 5.78 Å². The third-order valence-corrected chi connectivity index (χ3v) is 6.39. The van der Waals surface area contributed by atoms with Crippen LogP contribution in [0.4, 0.5) is 4.79 Å². The van der Waals surface area contributed by atoms with Crippen molar-refractivity contribution in [3.8, 4) is 16.9 Å². The lowest BCUT2D eigenvalue weighted by atomic mass is 9.90. The summed E-state index contributed by atoms with van der Waals surface area (Å²) in [7, 11) is 3.52. The van der Waals surface area contributed by atoms with Gasteiger partial charge in [0.2, 0.25) is 0 Å². The molecule has 0 atom stereocenters. The highest BCUT2D eigenvalue weighted by atomic mass is 16.6. The highest BCUT2D eigenvalue weighted by Crippen LogP contribution is 2.29. The Morgan fingerprint density at radius 1 is 1.03 bits per heavy atom. The number of Topliss-reactive ketones (excluding diaryl/α,β-unsaturated/α-hetero) is 1.